The van der Waals surface area contributed by atoms with Gasteiger partial charge in [0.1, 0.15) is 5.54 Å². The van der Waals surface area contributed by atoms with E-state index in [-0.39, 0.29) is 11.5 Å². The third kappa shape index (κ3) is 1.60. The molecule has 0 atom stereocenters. The molecule has 2 rings (SSSR count). The minimum atomic E-state index is -1.01. The fourth-order valence-electron chi connectivity index (χ4n) is 1.56. The third-order valence-electron chi connectivity index (χ3n) is 2.53. The first kappa shape index (κ1) is 10.5. The van der Waals surface area contributed by atoms with E-state index in [4.69, 9.17) is 5.11 Å². The van der Waals surface area contributed by atoms with Crippen molar-refractivity contribution in [3.05, 3.63) is 23.8 Å². The molecule has 16 heavy (non-hydrogen) atoms. The Kier molecular flexibility index (Phi) is 2.11. The number of benzene rings is 1. The molecule has 1 aromatic carbocycles. The van der Waals surface area contributed by atoms with Crippen molar-refractivity contribution in [3.63, 3.8) is 0 Å². The van der Waals surface area contributed by atoms with Crippen LogP contribution in [0.4, 0.5) is 11.4 Å². The van der Waals surface area contributed by atoms with Gasteiger partial charge in [-0.05, 0) is 32.0 Å². The van der Waals surface area contributed by atoms with Crippen molar-refractivity contribution in [1.82, 2.24) is 0 Å². The van der Waals surface area contributed by atoms with Gasteiger partial charge in [-0.25, -0.2) is 4.79 Å². The summed E-state index contributed by atoms with van der Waals surface area (Å²) in [6.45, 7) is 3.52. The van der Waals surface area contributed by atoms with Crippen LogP contribution in [0.5, 0.6) is 0 Å². The molecule has 5 heteroatoms. The van der Waals surface area contributed by atoms with Gasteiger partial charge in [0.05, 0.1) is 16.9 Å². The van der Waals surface area contributed by atoms with Crippen molar-refractivity contribution < 1.29 is 14.7 Å². The highest BCUT2D eigenvalue weighted by Gasteiger charge is 2.32. The standard InChI is InChI=1S/C11H12N2O3/c1-11(2)10(16)12-8-5-6(9(14)15)3-4-7(8)13-11/h3-5,13H,1-2H3,(H,12,16)(H,14,15). The number of fused-ring (bicyclic) bond motifs is 1. The number of amides is 1. The number of aromatic carboxylic acids is 1. The normalized spacial score (nSPS) is 17.0. The van der Waals surface area contributed by atoms with Crippen LogP contribution >= 0.6 is 0 Å². The van der Waals surface area contributed by atoms with E-state index in [9.17, 15) is 9.59 Å². The quantitative estimate of drug-likeness (QED) is 0.670. The van der Waals surface area contributed by atoms with Crippen molar-refractivity contribution >= 4 is 23.3 Å². The molecule has 1 aromatic rings. The number of rotatable bonds is 1. The van der Waals surface area contributed by atoms with Gasteiger partial charge in [-0.3, -0.25) is 4.79 Å². The van der Waals surface area contributed by atoms with Gasteiger partial charge in [0.2, 0.25) is 5.91 Å². The maximum absolute atomic E-state index is 11.6. The molecule has 5 nitrogen and oxygen atoms in total. The van der Waals surface area contributed by atoms with Gasteiger partial charge in [0, 0.05) is 0 Å². The molecule has 1 aliphatic rings. The predicted octanol–water partition coefficient (Wildman–Crippen LogP) is 1.53. The summed E-state index contributed by atoms with van der Waals surface area (Å²) >= 11 is 0. The van der Waals surface area contributed by atoms with Gasteiger partial charge in [-0.2, -0.15) is 0 Å². The van der Waals surface area contributed by atoms with Crippen LogP contribution in [0.15, 0.2) is 18.2 Å². The summed E-state index contributed by atoms with van der Waals surface area (Å²) in [7, 11) is 0. The van der Waals surface area contributed by atoms with Crippen LogP contribution in [0.2, 0.25) is 0 Å². The van der Waals surface area contributed by atoms with Crippen molar-refractivity contribution in [2.45, 2.75) is 19.4 Å². The minimum absolute atomic E-state index is 0.153. The first-order valence-corrected chi connectivity index (χ1v) is 4.87. The summed E-state index contributed by atoms with van der Waals surface area (Å²) in [5, 5.41) is 14.5. The summed E-state index contributed by atoms with van der Waals surface area (Å²) < 4.78 is 0. The fraction of sp³-hybridized carbons (Fsp3) is 0.273. The highest BCUT2D eigenvalue weighted by atomic mass is 16.4. The van der Waals surface area contributed by atoms with Crippen molar-refractivity contribution in [1.29, 1.82) is 0 Å². The molecular weight excluding hydrogens is 208 g/mol. The Morgan fingerprint density at radius 1 is 1.31 bits per heavy atom. The van der Waals surface area contributed by atoms with Gasteiger partial charge in [0.25, 0.3) is 0 Å². The van der Waals surface area contributed by atoms with Crippen LogP contribution in [0.3, 0.4) is 0 Å². The zero-order chi connectivity index (χ0) is 11.9. The van der Waals surface area contributed by atoms with Gasteiger partial charge >= 0.3 is 5.97 Å². The average molecular weight is 220 g/mol. The Morgan fingerprint density at radius 3 is 2.62 bits per heavy atom. The minimum Gasteiger partial charge on any atom is -0.478 e. The lowest BCUT2D eigenvalue weighted by atomic mass is 9.99. The average Bonchev–Trinajstić information content (AvgIpc) is 2.18. The van der Waals surface area contributed by atoms with E-state index in [1.54, 1.807) is 19.9 Å². The molecule has 0 saturated carbocycles. The number of hydrogen-bond acceptors (Lipinski definition) is 3. The number of nitrogens with one attached hydrogen (secondary N) is 2. The highest BCUT2D eigenvalue weighted by molar-refractivity contribution is 6.06. The van der Waals surface area contributed by atoms with Crippen molar-refractivity contribution in [2.75, 3.05) is 10.6 Å². The Balaban J connectivity index is 2.44. The molecular formula is C11H12N2O3. The molecule has 84 valence electrons. The van der Waals surface area contributed by atoms with E-state index < -0.39 is 11.5 Å². The van der Waals surface area contributed by atoms with Crippen LogP contribution in [-0.4, -0.2) is 22.5 Å². The molecule has 1 heterocycles. The highest BCUT2D eigenvalue weighted by Crippen LogP contribution is 2.31. The number of carbonyl (C=O) groups excluding carboxylic acids is 1. The van der Waals surface area contributed by atoms with E-state index in [1.807, 2.05) is 0 Å². The number of carboxylic acids is 1. The lowest BCUT2D eigenvalue weighted by Gasteiger charge is -2.32. The molecule has 0 unspecified atom stereocenters. The second-order valence-corrected chi connectivity index (χ2v) is 4.27. The molecule has 0 bridgehead atoms. The van der Waals surface area contributed by atoms with Crippen molar-refractivity contribution in [3.8, 4) is 0 Å². The molecule has 1 aliphatic heterocycles. The Labute approximate surface area is 92.5 Å². The number of carboxylic acid groups (broad SMARTS) is 1. The molecule has 1 amide bonds. The summed E-state index contributed by atoms with van der Waals surface area (Å²) in [5.74, 6) is -1.19. The maximum Gasteiger partial charge on any atom is 0.335 e. The molecule has 0 radical (unpaired) electrons. The molecule has 0 fully saturated rings. The second kappa shape index (κ2) is 3.23. The zero-order valence-corrected chi connectivity index (χ0v) is 9.00. The number of hydrogen-bond donors (Lipinski definition) is 3. The van der Waals surface area contributed by atoms with Crippen LogP contribution in [0.25, 0.3) is 0 Å². The maximum atomic E-state index is 11.6. The summed E-state index contributed by atoms with van der Waals surface area (Å²) in [5.41, 5.74) is 0.706. The van der Waals surface area contributed by atoms with Crippen LogP contribution in [0, 0.1) is 0 Å². The Morgan fingerprint density at radius 2 is 2.00 bits per heavy atom. The van der Waals surface area contributed by atoms with Gasteiger partial charge in [-0.1, -0.05) is 0 Å². The molecule has 0 aromatic heterocycles. The second-order valence-electron chi connectivity index (χ2n) is 4.27. The van der Waals surface area contributed by atoms with E-state index in [2.05, 4.69) is 10.6 Å². The third-order valence-corrected chi connectivity index (χ3v) is 2.53. The largest absolute Gasteiger partial charge is 0.478 e. The monoisotopic (exact) mass is 220 g/mol. The smallest absolute Gasteiger partial charge is 0.335 e. The lowest BCUT2D eigenvalue weighted by Crippen LogP contribution is -2.47. The fourth-order valence-corrected chi connectivity index (χ4v) is 1.56. The van der Waals surface area contributed by atoms with E-state index in [0.29, 0.717) is 5.69 Å². The summed E-state index contributed by atoms with van der Waals surface area (Å²) in [4.78, 5) is 22.4. The number of carbonyl (C=O) groups is 2. The van der Waals surface area contributed by atoms with E-state index in [1.165, 1.54) is 12.1 Å². The van der Waals surface area contributed by atoms with Crippen LogP contribution in [-0.2, 0) is 4.79 Å². The Hall–Kier alpha value is -2.04. The number of anilines is 2. The molecule has 0 spiro atoms. The van der Waals surface area contributed by atoms with E-state index in [0.717, 1.165) is 5.69 Å². The van der Waals surface area contributed by atoms with Crippen molar-refractivity contribution in [2.24, 2.45) is 0 Å². The Bertz CT molecular complexity index is 480. The van der Waals surface area contributed by atoms with Crippen LogP contribution in [0.1, 0.15) is 24.2 Å². The van der Waals surface area contributed by atoms with Gasteiger partial charge in [0.15, 0.2) is 0 Å². The first-order valence-electron chi connectivity index (χ1n) is 4.87. The molecule has 3 N–H and O–H groups in total. The topological polar surface area (TPSA) is 78.4 Å². The molecule has 0 aliphatic carbocycles. The summed E-state index contributed by atoms with van der Waals surface area (Å²) in [6, 6.07) is 4.60. The predicted molar refractivity (Wildman–Crippen MR) is 59.7 cm³/mol. The molecule has 0 saturated heterocycles. The van der Waals surface area contributed by atoms with Gasteiger partial charge in [-0.15, -0.1) is 0 Å². The van der Waals surface area contributed by atoms with Gasteiger partial charge < -0.3 is 15.7 Å². The first-order chi connectivity index (χ1) is 7.40. The van der Waals surface area contributed by atoms with E-state index >= 15 is 0 Å². The summed E-state index contributed by atoms with van der Waals surface area (Å²) in [6.07, 6.45) is 0. The van der Waals surface area contributed by atoms with Crippen LogP contribution < -0.4 is 10.6 Å². The zero-order valence-electron chi connectivity index (χ0n) is 9.00. The SMILES string of the molecule is CC1(C)Nc2ccc(C(=O)O)cc2NC1=O. The lowest BCUT2D eigenvalue weighted by molar-refractivity contribution is -0.119.